The Labute approximate surface area is 170 Å². The predicted molar refractivity (Wildman–Crippen MR) is 115 cm³/mol. The SMILES string of the molecule is C[C@@H](NC(=O)C1c2ccccc2Oc2ccccc21)c1ccc2ccccc2c1. The number of para-hydroxylation sites is 2. The summed E-state index contributed by atoms with van der Waals surface area (Å²) in [5, 5.41) is 5.59. The molecule has 1 heterocycles. The summed E-state index contributed by atoms with van der Waals surface area (Å²) < 4.78 is 6.02. The highest BCUT2D eigenvalue weighted by Gasteiger charge is 2.32. The normalized spacial score (nSPS) is 13.8. The minimum atomic E-state index is -0.390. The van der Waals surface area contributed by atoms with E-state index in [1.807, 2.05) is 67.6 Å². The van der Waals surface area contributed by atoms with Crippen molar-refractivity contribution in [1.82, 2.24) is 5.32 Å². The maximum absolute atomic E-state index is 13.4. The van der Waals surface area contributed by atoms with Crippen molar-refractivity contribution in [2.24, 2.45) is 0 Å². The summed E-state index contributed by atoms with van der Waals surface area (Å²) in [5.74, 6) is 1.07. The molecule has 1 aliphatic heterocycles. The number of benzene rings is 4. The largest absolute Gasteiger partial charge is 0.457 e. The molecule has 0 bridgehead atoms. The molecule has 142 valence electrons. The van der Waals surface area contributed by atoms with Crippen LogP contribution in [0.5, 0.6) is 11.5 Å². The van der Waals surface area contributed by atoms with Crippen molar-refractivity contribution in [1.29, 1.82) is 0 Å². The maximum atomic E-state index is 13.4. The third-order valence-corrected chi connectivity index (χ3v) is 5.57. The van der Waals surface area contributed by atoms with Gasteiger partial charge in [-0.2, -0.15) is 0 Å². The topological polar surface area (TPSA) is 38.3 Å². The van der Waals surface area contributed by atoms with Crippen molar-refractivity contribution < 1.29 is 9.53 Å². The zero-order valence-electron chi connectivity index (χ0n) is 16.1. The molecule has 4 aromatic rings. The fourth-order valence-corrected chi connectivity index (χ4v) is 4.05. The molecule has 29 heavy (non-hydrogen) atoms. The lowest BCUT2D eigenvalue weighted by Crippen LogP contribution is -2.33. The molecule has 0 radical (unpaired) electrons. The van der Waals surface area contributed by atoms with Crippen molar-refractivity contribution >= 4 is 16.7 Å². The lowest BCUT2D eigenvalue weighted by molar-refractivity contribution is -0.122. The third kappa shape index (κ3) is 3.15. The number of fused-ring (bicyclic) bond motifs is 3. The Morgan fingerprint density at radius 1 is 0.793 bits per heavy atom. The first-order valence-electron chi connectivity index (χ1n) is 9.85. The Kier molecular flexibility index (Phi) is 4.28. The van der Waals surface area contributed by atoms with E-state index in [1.165, 1.54) is 10.8 Å². The molecule has 5 rings (SSSR count). The standard InChI is InChI=1S/C26H21NO2/c1-17(19-15-14-18-8-2-3-9-20(18)16-19)27-26(28)25-21-10-4-6-12-23(21)29-24-13-7-5-11-22(24)25/h2-17,25H,1H3,(H,27,28)/t17-/m1/s1. The highest BCUT2D eigenvalue weighted by molar-refractivity contribution is 5.90. The zero-order valence-corrected chi connectivity index (χ0v) is 16.1. The average molecular weight is 379 g/mol. The number of amides is 1. The van der Waals surface area contributed by atoms with Crippen LogP contribution in [0.2, 0.25) is 0 Å². The Balaban J connectivity index is 1.47. The van der Waals surface area contributed by atoms with Crippen molar-refractivity contribution in [2.45, 2.75) is 18.9 Å². The van der Waals surface area contributed by atoms with E-state index in [4.69, 9.17) is 4.74 Å². The molecule has 1 atom stereocenters. The Hall–Kier alpha value is -3.59. The van der Waals surface area contributed by atoms with Gasteiger partial charge in [-0.1, -0.05) is 72.8 Å². The molecular weight excluding hydrogens is 358 g/mol. The van der Waals surface area contributed by atoms with Crippen LogP contribution in [0.1, 0.15) is 35.6 Å². The van der Waals surface area contributed by atoms with E-state index < -0.39 is 0 Å². The first-order chi connectivity index (χ1) is 14.2. The second kappa shape index (κ2) is 7.10. The predicted octanol–water partition coefficient (Wildman–Crippen LogP) is 5.95. The Bertz CT molecular complexity index is 1170. The van der Waals surface area contributed by atoms with Gasteiger partial charge in [0.15, 0.2) is 0 Å². The molecule has 0 fully saturated rings. The second-order valence-electron chi connectivity index (χ2n) is 7.45. The quantitative estimate of drug-likeness (QED) is 0.477. The highest BCUT2D eigenvalue weighted by atomic mass is 16.5. The fraction of sp³-hybridized carbons (Fsp3) is 0.115. The minimum absolute atomic E-state index is 0.0196. The Morgan fingerprint density at radius 3 is 2.07 bits per heavy atom. The molecule has 0 saturated carbocycles. The molecule has 0 unspecified atom stereocenters. The first kappa shape index (κ1) is 17.5. The molecule has 3 nitrogen and oxygen atoms in total. The number of carbonyl (C=O) groups excluding carboxylic acids is 1. The monoisotopic (exact) mass is 379 g/mol. The molecule has 1 amide bonds. The number of carbonyl (C=O) groups is 1. The molecule has 0 aromatic heterocycles. The summed E-state index contributed by atoms with van der Waals surface area (Å²) in [7, 11) is 0. The molecule has 1 N–H and O–H groups in total. The van der Waals surface area contributed by atoms with Crippen LogP contribution < -0.4 is 10.1 Å². The van der Waals surface area contributed by atoms with Crippen LogP contribution in [0, 0.1) is 0 Å². The van der Waals surface area contributed by atoms with E-state index in [0.717, 1.165) is 28.2 Å². The third-order valence-electron chi connectivity index (χ3n) is 5.57. The smallest absolute Gasteiger partial charge is 0.232 e. The van der Waals surface area contributed by atoms with E-state index in [0.29, 0.717) is 0 Å². The number of nitrogens with one attached hydrogen (secondary N) is 1. The van der Waals surface area contributed by atoms with Crippen LogP contribution in [0.15, 0.2) is 91.0 Å². The van der Waals surface area contributed by atoms with E-state index in [-0.39, 0.29) is 17.9 Å². The van der Waals surface area contributed by atoms with Gasteiger partial charge in [0.05, 0.1) is 12.0 Å². The summed E-state index contributed by atoms with van der Waals surface area (Å²) in [4.78, 5) is 13.4. The highest BCUT2D eigenvalue weighted by Crippen LogP contribution is 2.44. The lowest BCUT2D eigenvalue weighted by atomic mass is 9.87. The van der Waals surface area contributed by atoms with Crippen LogP contribution in [0.25, 0.3) is 10.8 Å². The maximum Gasteiger partial charge on any atom is 0.232 e. The van der Waals surface area contributed by atoms with Crippen LogP contribution in [0.4, 0.5) is 0 Å². The van der Waals surface area contributed by atoms with Crippen molar-refractivity contribution in [2.75, 3.05) is 0 Å². The lowest BCUT2D eigenvalue weighted by Gasteiger charge is -2.28. The van der Waals surface area contributed by atoms with Gasteiger partial charge in [-0.3, -0.25) is 4.79 Å². The fourth-order valence-electron chi connectivity index (χ4n) is 4.05. The van der Waals surface area contributed by atoms with E-state index in [2.05, 4.69) is 35.6 Å². The molecule has 3 heteroatoms. The van der Waals surface area contributed by atoms with Crippen molar-refractivity contribution in [3.05, 3.63) is 108 Å². The van der Waals surface area contributed by atoms with Crippen molar-refractivity contribution in [3.63, 3.8) is 0 Å². The number of hydrogen-bond donors (Lipinski definition) is 1. The van der Waals surface area contributed by atoms with E-state index in [1.54, 1.807) is 0 Å². The first-order valence-corrected chi connectivity index (χ1v) is 9.85. The molecule has 0 spiro atoms. The van der Waals surface area contributed by atoms with Gasteiger partial charge in [0.2, 0.25) is 5.91 Å². The van der Waals surface area contributed by atoms with Gasteiger partial charge in [-0.15, -0.1) is 0 Å². The van der Waals surface area contributed by atoms with Gasteiger partial charge >= 0.3 is 0 Å². The summed E-state index contributed by atoms with van der Waals surface area (Å²) in [5.41, 5.74) is 2.88. The van der Waals surface area contributed by atoms with E-state index >= 15 is 0 Å². The summed E-state index contributed by atoms with van der Waals surface area (Å²) in [6.07, 6.45) is 0. The van der Waals surface area contributed by atoms with Crippen LogP contribution in [0.3, 0.4) is 0 Å². The van der Waals surface area contributed by atoms with Crippen LogP contribution in [-0.4, -0.2) is 5.91 Å². The molecule has 1 aliphatic rings. The summed E-state index contributed by atoms with van der Waals surface area (Å²) >= 11 is 0. The van der Waals surface area contributed by atoms with Gasteiger partial charge < -0.3 is 10.1 Å². The molecule has 0 aliphatic carbocycles. The van der Waals surface area contributed by atoms with Gasteiger partial charge in [0.25, 0.3) is 0 Å². The number of ether oxygens (including phenoxy) is 1. The Morgan fingerprint density at radius 2 is 1.38 bits per heavy atom. The second-order valence-corrected chi connectivity index (χ2v) is 7.45. The zero-order chi connectivity index (χ0) is 19.8. The molecular formula is C26H21NO2. The molecule has 4 aromatic carbocycles. The average Bonchev–Trinajstić information content (AvgIpc) is 2.76. The van der Waals surface area contributed by atoms with Gasteiger partial charge in [0.1, 0.15) is 11.5 Å². The number of hydrogen-bond acceptors (Lipinski definition) is 2. The van der Waals surface area contributed by atoms with E-state index in [9.17, 15) is 4.79 Å². The van der Waals surface area contributed by atoms with Gasteiger partial charge in [-0.05, 0) is 41.5 Å². The number of rotatable bonds is 3. The van der Waals surface area contributed by atoms with Crippen LogP contribution in [-0.2, 0) is 4.79 Å². The van der Waals surface area contributed by atoms with Gasteiger partial charge in [-0.25, -0.2) is 0 Å². The molecule has 0 saturated heterocycles. The van der Waals surface area contributed by atoms with Gasteiger partial charge in [0, 0.05) is 11.1 Å². The summed E-state index contributed by atoms with van der Waals surface area (Å²) in [6.45, 7) is 2.03. The van der Waals surface area contributed by atoms with Crippen LogP contribution >= 0.6 is 0 Å². The summed E-state index contributed by atoms with van der Waals surface area (Å²) in [6, 6.07) is 30.0. The minimum Gasteiger partial charge on any atom is -0.457 e. The van der Waals surface area contributed by atoms with Crippen molar-refractivity contribution in [3.8, 4) is 11.5 Å².